The smallest absolute Gasteiger partial charge is 0.247 e. The first-order chi connectivity index (χ1) is 10.6. The van der Waals surface area contributed by atoms with Gasteiger partial charge < -0.3 is 5.32 Å². The first-order valence-corrected chi connectivity index (χ1v) is 7.09. The molecular weight excluding hydrogens is 283 g/mol. The van der Waals surface area contributed by atoms with Crippen LogP contribution in [0.2, 0.25) is 0 Å². The highest BCUT2D eigenvalue weighted by Crippen LogP contribution is 2.27. The second-order valence-corrected chi connectivity index (χ2v) is 5.15. The third kappa shape index (κ3) is 2.83. The molecule has 0 radical (unpaired) electrons. The normalized spacial score (nSPS) is 17.6. The molecule has 2 amide bonds. The number of hydrogen-bond donors (Lipinski definition) is 1. The lowest BCUT2D eigenvalue weighted by Crippen LogP contribution is -2.41. The van der Waals surface area contributed by atoms with Crippen LogP contribution >= 0.6 is 0 Å². The molecule has 22 heavy (non-hydrogen) atoms. The molecular formula is C17H15FN2O2. The number of para-hydroxylation sites is 1. The monoisotopic (exact) mass is 298 g/mol. The summed E-state index contributed by atoms with van der Waals surface area (Å²) < 4.78 is 12.9. The molecule has 0 saturated carbocycles. The highest BCUT2D eigenvalue weighted by molar-refractivity contribution is 6.07. The Kier molecular flexibility index (Phi) is 3.87. The zero-order valence-electron chi connectivity index (χ0n) is 11.8. The van der Waals surface area contributed by atoms with Crippen LogP contribution in [0.5, 0.6) is 0 Å². The summed E-state index contributed by atoms with van der Waals surface area (Å²) in [5.74, 6) is -0.688. The molecule has 1 saturated heterocycles. The van der Waals surface area contributed by atoms with E-state index in [1.54, 1.807) is 12.1 Å². The third-order valence-corrected chi connectivity index (χ3v) is 3.66. The Morgan fingerprint density at radius 2 is 1.77 bits per heavy atom. The minimum atomic E-state index is -0.542. The zero-order valence-corrected chi connectivity index (χ0v) is 11.8. The molecule has 3 rings (SSSR count). The molecule has 0 spiro atoms. The SMILES string of the molecule is O=C(Nc1ccc(F)cc1)C1CCC(=O)N1c1ccccc1. The molecule has 1 heterocycles. The number of halogens is 1. The van der Waals surface area contributed by atoms with Crippen LogP contribution in [0.15, 0.2) is 54.6 Å². The van der Waals surface area contributed by atoms with Gasteiger partial charge in [0.25, 0.3) is 0 Å². The number of nitrogens with one attached hydrogen (secondary N) is 1. The fourth-order valence-corrected chi connectivity index (χ4v) is 2.60. The van der Waals surface area contributed by atoms with Crippen LogP contribution in [0.1, 0.15) is 12.8 Å². The van der Waals surface area contributed by atoms with Gasteiger partial charge in [0.2, 0.25) is 11.8 Å². The largest absolute Gasteiger partial charge is 0.324 e. The fraction of sp³-hybridized carbons (Fsp3) is 0.176. The van der Waals surface area contributed by atoms with Gasteiger partial charge in [-0.05, 0) is 42.8 Å². The highest BCUT2D eigenvalue weighted by atomic mass is 19.1. The van der Waals surface area contributed by atoms with Crippen LogP contribution in [0.25, 0.3) is 0 Å². The molecule has 0 bridgehead atoms. The van der Waals surface area contributed by atoms with Crippen LogP contribution in [0.3, 0.4) is 0 Å². The molecule has 1 atom stereocenters. The summed E-state index contributed by atoms with van der Waals surface area (Å²) in [5, 5.41) is 2.73. The summed E-state index contributed by atoms with van der Waals surface area (Å²) in [6, 6.07) is 14.1. The van der Waals surface area contributed by atoms with Crippen molar-refractivity contribution in [2.45, 2.75) is 18.9 Å². The Hall–Kier alpha value is -2.69. The van der Waals surface area contributed by atoms with Gasteiger partial charge in [-0.15, -0.1) is 0 Å². The van der Waals surface area contributed by atoms with E-state index in [-0.39, 0.29) is 17.6 Å². The summed E-state index contributed by atoms with van der Waals surface area (Å²) in [6.45, 7) is 0. The van der Waals surface area contributed by atoms with Gasteiger partial charge in [0.05, 0.1) is 0 Å². The minimum absolute atomic E-state index is 0.0644. The molecule has 5 heteroatoms. The van der Waals surface area contributed by atoms with Crippen molar-refractivity contribution >= 4 is 23.2 Å². The average Bonchev–Trinajstić information content (AvgIpc) is 2.92. The fourth-order valence-electron chi connectivity index (χ4n) is 2.60. The Balaban J connectivity index is 1.79. The summed E-state index contributed by atoms with van der Waals surface area (Å²) in [5.41, 5.74) is 1.23. The number of amides is 2. The molecule has 1 N–H and O–H groups in total. The lowest BCUT2D eigenvalue weighted by atomic mass is 10.2. The van der Waals surface area contributed by atoms with E-state index in [0.717, 1.165) is 0 Å². The van der Waals surface area contributed by atoms with Crippen molar-refractivity contribution in [3.05, 3.63) is 60.4 Å². The third-order valence-electron chi connectivity index (χ3n) is 3.66. The van der Waals surface area contributed by atoms with Gasteiger partial charge in [0.1, 0.15) is 11.9 Å². The Labute approximate surface area is 127 Å². The molecule has 1 unspecified atom stereocenters. The summed E-state index contributed by atoms with van der Waals surface area (Å²) in [6.07, 6.45) is 0.817. The van der Waals surface area contributed by atoms with Crippen molar-refractivity contribution in [3.63, 3.8) is 0 Å². The van der Waals surface area contributed by atoms with Crippen molar-refractivity contribution in [2.24, 2.45) is 0 Å². The maximum Gasteiger partial charge on any atom is 0.247 e. The van der Waals surface area contributed by atoms with Crippen molar-refractivity contribution in [2.75, 3.05) is 10.2 Å². The van der Waals surface area contributed by atoms with Gasteiger partial charge in [0.15, 0.2) is 0 Å². The number of anilines is 2. The molecule has 1 fully saturated rings. The predicted molar refractivity (Wildman–Crippen MR) is 82.0 cm³/mol. The number of benzene rings is 2. The number of nitrogens with zero attached hydrogens (tertiary/aromatic N) is 1. The van der Waals surface area contributed by atoms with Gasteiger partial charge in [-0.3, -0.25) is 14.5 Å². The molecule has 0 aliphatic carbocycles. The van der Waals surface area contributed by atoms with Gasteiger partial charge >= 0.3 is 0 Å². The Morgan fingerprint density at radius 3 is 2.45 bits per heavy atom. The number of carbonyl (C=O) groups is 2. The van der Waals surface area contributed by atoms with E-state index in [1.165, 1.54) is 29.2 Å². The first kappa shape index (κ1) is 14.3. The maximum absolute atomic E-state index is 12.9. The summed E-state index contributed by atoms with van der Waals surface area (Å²) in [7, 11) is 0. The standard InChI is InChI=1S/C17H15FN2O2/c18-12-6-8-13(9-7-12)19-17(22)15-10-11-16(21)20(15)14-4-2-1-3-5-14/h1-9,15H,10-11H2,(H,19,22). The van der Waals surface area contributed by atoms with Crippen LogP contribution in [-0.2, 0) is 9.59 Å². The van der Waals surface area contributed by atoms with Crippen LogP contribution in [0.4, 0.5) is 15.8 Å². The zero-order chi connectivity index (χ0) is 15.5. The minimum Gasteiger partial charge on any atom is -0.324 e. The lowest BCUT2D eigenvalue weighted by molar-refractivity contribution is -0.120. The molecule has 112 valence electrons. The van der Waals surface area contributed by atoms with Crippen molar-refractivity contribution < 1.29 is 14.0 Å². The first-order valence-electron chi connectivity index (χ1n) is 7.09. The van der Waals surface area contributed by atoms with Gasteiger partial charge in [-0.1, -0.05) is 18.2 Å². The van der Waals surface area contributed by atoms with Crippen molar-refractivity contribution in [1.29, 1.82) is 0 Å². The van der Waals surface area contributed by atoms with Crippen molar-refractivity contribution in [1.82, 2.24) is 0 Å². The van der Waals surface area contributed by atoms with Crippen LogP contribution in [-0.4, -0.2) is 17.9 Å². The van der Waals surface area contributed by atoms with Crippen LogP contribution < -0.4 is 10.2 Å². The van der Waals surface area contributed by atoms with E-state index in [2.05, 4.69) is 5.32 Å². The van der Waals surface area contributed by atoms with E-state index in [0.29, 0.717) is 24.2 Å². The van der Waals surface area contributed by atoms with E-state index in [1.807, 2.05) is 18.2 Å². The topological polar surface area (TPSA) is 49.4 Å². The second kappa shape index (κ2) is 5.97. The average molecular weight is 298 g/mol. The number of hydrogen-bond acceptors (Lipinski definition) is 2. The number of carbonyl (C=O) groups excluding carboxylic acids is 2. The molecule has 1 aliphatic rings. The predicted octanol–water partition coefficient (Wildman–Crippen LogP) is 2.96. The quantitative estimate of drug-likeness (QED) is 0.947. The Morgan fingerprint density at radius 1 is 1.09 bits per heavy atom. The van der Waals surface area contributed by atoms with Crippen LogP contribution in [0, 0.1) is 5.82 Å². The molecule has 2 aromatic carbocycles. The summed E-state index contributed by atoms with van der Waals surface area (Å²) >= 11 is 0. The van der Waals surface area contributed by atoms with Gasteiger partial charge in [0, 0.05) is 17.8 Å². The molecule has 4 nitrogen and oxygen atoms in total. The summed E-state index contributed by atoms with van der Waals surface area (Å²) in [4.78, 5) is 26.0. The van der Waals surface area contributed by atoms with Crippen molar-refractivity contribution in [3.8, 4) is 0 Å². The molecule has 2 aromatic rings. The van der Waals surface area contributed by atoms with Gasteiger partial charge in [-0.2, -0.15) is 0 Å². The van der Waals surface area contributed by atoms with E-state index < -0.39 is 6.04 Å². The maximum atomic E-state index is 12.9. The lowest BCUT2D eigenvalue weighted by Gasteiger charge is -2.24. The highest BCUT2D eigenvalue weighted by Gasteiger charge is 2.36. The van der Waals surface area contributed by atoms with E-state index in [9.17, 15) is 14.0 Å². The Bertz CT molecular complexity index is 686. The second-order valence-electron chi connectivity index (χ2n) is 5.15. The molecule has 1 aliphatic heterocycles. The number of rotatable bonds is 3. The van der Waals surface area contributed by atoms with E-state index >= 15 is 0 Å². The van der Waals surface area contributed by atoms with E-state index in [4.69, 9.17) is 0 Å². The van der Waals surface area contributed by atoms with Gasteiger partial charge in [-0.25, -0.2) is 4.39 Å². The molecule has 0 aromatic heterocycles.